The largest absolute Gasteiger partial charge is 0.333 e. The second-order valence-electron chi connectivity index (χ2n) is 8.62. The molecule has 0 radical (unpaired) electrons. The topological polar surface area (TPSA) is 59.2 Å². The number of benzene rings is 1. The minimum absolute atomic E-state index is 0.0381. The maximum atomic E-state index is 13.1. The summed E-state index contributed by atoms with van der Waals surface area (Å²) < 4.78 is 4.00. The number of nitrogens with zero attached hydrogens (tertiary/aromatic N) is 6. The molecule has 0 spiro atoms. The van der Waals surface area contributed by atoms with Crippen LogP contribution in [0.1, 0.15) is 52.8 Å². The fraction of sp³-hybridized carbons (Fsp3) is 0.435. The molecule has 0 aliphatic carbocycles. The van der Waals surface area contributed by atoms with Crippen molar-refractivity contribution in [3.8, 4) is 0 Å². The molecule has 30 heavy (non-hydrogen) atoms. The molecule has 0 saturated heterocycles. The van der Waals surface area contributed by atoms with Crippen LogP contribution in [0.15, 0.2) is 42.7 Å². The van der Waals surface area contributed by atoms with Gasteiger partial charge in [-0.1, -0.05) is 24.3 Å². The lowest BCUT2D eigenvalue weighted by molar-refractivity contribution is 0.0727. The van der Waals surface area contributed by atoms with E-state index in [1.807, 2.05) is 32.6 Å². The van der Waals surface area contributed by atoms with Crippen LogP contribution in [0.2, 0.25) is 0 Å². The lowest BCUT2D eigenvalue weighted by atomic mass is 10.00. The highest BCUT2D eigenvalue weighted by Crippen LogP contribution is 2.22. The number of fused-ring (bicyclic) bond motifs is 2. The number of rotatable bonds is 4. The fourth-order valence-electron chi connectivity index (χ4n) is 4.39. The zero-order chi connectivity index (χ0) is 20.7. The SMILES string of the molecule is CC(C)n1cc(CN2CCn3nc(C(=O)N4CCc5ccccc5C4)cc3C2)cn1. The monoisotopic (exact) mass is 404 g/mol. The smallest absolute Gasteiger partial charge is 0.274 e. The molecule has 156 valence electrons. The number of carbonyl (C=O) groups is 1. The summed E-state index contributed by atoms with van der Waals surface area (Å²) in [7, 11) is 0. The van der Waals surface area contributed by atoms with E-state index in [2.05, 4.69) is 53.3 Å². The van der Waals surface area contributed by atoms with Gasteiger partial charge in [-0.05, 0) is 37.5 Å². The Labute approximate surface area is 176 Å². The highest BCUT2D eigenvalue weighted by molar-refractivity contribution is 5.92. The Balaban J connectivity index is 1.26. The van der Waals surface area contributed by atoms with Gasteiger partial charge >= 0.3 is 0 Å². The summed E-state index contributed by atoms with van der Waals surface area (Å²) in [5.74, 6) is 0.0381. The van der Waals surface area contributed by atoms with Crippen LogP contribution in [0.5, 0.6) is 0 Å². The van der Waals surface area contributed by atoms with Gasteiger partial charge < -0.3 is 4.90 Å². The van der Waals surface area contributed by atoms with Crippen molar-refractivity contribution in [1.82, 2.24) is 29.4 Å². The van der Waals surface area contributed by atoms with Crippen LogP contribution in [-0.4, -0.2) is 48.4 Å². The number of carbonyl (C=O) groups excluding carboxylic acids is 1. The third-order valence-electron chi connectivity index (χ3n) is 6.10. The zero-order valence-electron chi connectivity index (χ0n) is 17.7. The van der Waals surface area contributed by atoms with Crippen LogP contribution < -0.4 is 0 Å². The molecule has 5 rings (SSSR count). The van der Waals surface area contributed by atoms with Gasteiger partial charge in [-0.3, -0.25) is 19.1 Å². The average Bonchev–Trinajstić information content (AvgIpc) is 3.40. The van der Waals surface area contributed by atoms with Gasteiger partial charge in [-0.2, -0.15) is 10.2 Å². The van der Waals surface area contributed by atoms with Crippen molar-refractivity contribution in [3.63, 3.8) is 0 Å². The normalized spacial score (nSPS) is 16.6. The molecule has 0 unspecified atom stereocenters. The Morgan fingerprint density at radius 1 is 1.10 bits per heavy atom. The first kappa shape index (κ1) is 19.1. The molecule has 0 saturated carbocycles. The Morgan fingerprint density at radius 3 is 2.73 bits per heavy atom. The summed E-state index contributed by atoms with van der Waals surface area (Å²) >= 11 is 0. The van der Waals surface area contributed by atoms with E-state index in [0.29, 0.717) is 18.3 Å². The molecule has 0 atom stereocenters. The summed E-state index contributed by atoms with van der Waals surface area (Å²) in [4.78, 5) is 17.4. The van der Waals surface area contributed by atoms with Gasteiger partial charge in [0, 0.05) is 50.5 Å². The summed E-state index contributed by atoms with van der Waals surface area (Å²) in [6.45, 7) is 9.09. The third kappa shape index (κ3) is 3.65. The minimum atomic E-state index is 0.0381. The van der Waals surface area contributed by atoms with Crippen LogP contribution in [0, 0.1) is 0 Å². The van der Waals surface area contributed by atoms with Crippen LogP contribution in [-0.2, 0) is 32.6 Å². The van der Waals surface area contributed by atoms with E-state index in [4.69, 9.17) is 0 Å². The molecule has 2 aliphatic rings. The summed E-state index contributed by atoms with van der Waals surface area (Å²) in [6.07, 6.45) is 4.99. The highest BCUT2D eigenvalue weighted by atomic mass is 16.2. The molecule has 1 amide bonds. The first-order valence-electron chi connectivity index (χ1n) is 10.7. The number of amides is 1. The molecule has 0 N–H and O–H groups in total. The Bertz CT molecular complexity index is 1070. The van der Waals surface area contributed by atoms with Crippen LogP contribution in [0.4, 0.5) is 0 Å². The minimum Gasteiger partial charge on any atom is -0.333 e. The van der Waals surface area contributed by atoms with Gasteiger partial charge in [0.05, 0.1) is 18.4 Å². The molecule has 2 aliphatic heterocycles. The summed E-state index contributed by atoms with van der Waals surface area (Å²) in [5, 5.41) is 9.08. The van der Waals surface area contributed by atoms with Crippen LogP contribution >= 0.6 is 0 Å². The molecular weight excluding hydrogens is 376 g/mol. The molecular formula is C23H28N6O. The lowest BCUT2D eigenvalue weighted by Crippen LogP contribution is -2.36. The van der Waals surface area contributed by atoms with Crippen molar-refractivity contribution < 1.29 is 4.79 Å². The van der Waals surface area contributed by atoms with Crippen LogP contribution in [0.3, 0.4) is 0 Å². The summed E-state index contributed by atoms with van der Waals surface area (Å²) in [6, 6.07) is 10.7. The zero-order valence-corrected chi connectivity index (χ0v) is 17.7. The Morgan fingerprint density at radius 2 is 1.93 bits per heavy atom. The number of hydrogen-bond acceptors (Lipinski definition) is 4. The van der Waals surface area contributed by atoms with Crippen molar-refractivity contribution in [2.75, 3.05) is 13.1 Å². The standard InChI is InChI=1S/C23H28N6O/c1-17(2)29-14-18(12-24-29)13-26-9-10-28-21(16-26)11-22(25-28)23(30)27-8-7-19-5-3-4-6-20(19)15-27/h3-6,11-12,14,17H,7-10,13,15-16H2,1-2H3. The van der Waals surface area contributed by atoms with Crippen molar-refractivity contribution in [1.29, 1.82) is 0 Å². The van der Waals surface area contributed by atoms with Crippen molar-refractivity contribution in [2.24, 2.45) is 0 Å². The van der Waals surface area contributed by atoms with Gasteiger partial charge in [-0.15, -0.1) is 0 Å². The average molecular weight is 405 g/mol. The molecule has 7 nitrogen and oxygen atoms in total. The summed E-state index contributed by atoms with van der Waals surface area (Å²) in [5.41, 5.74) is 5.49. The van der Waals surface area contributed by atoms with Gasteiger partial charge in [0.2, 0.25) is 0 Å². The molecule has 0 bridgehead atoms. The second kappa shape index (κ2) is 7.72. The predicted molar refractivity (Wildman–Crippen MR) is 114 cm³/mol. The van der Waals surface area contributed by atoms with Crippen LogP contribution in [0.25, 0.3) is 0 Å². The first-order chi connectivity index (χ1) is 14.6. The van der Waals surface area contributed by atoms with E-state index in [9.17, 15) is 4.79 Å². The van der Waals surface area contributed by atoms with E-state index in [-0.39, 0.29) is 5.91 Å². The quantitative estimate of drug-likeness (QED) is 0.671. The van der Waals surface area contributed by atoms with Crippen molar-refractivity contribution in [3.05, 3.63) is 70.8 Å². The van der Waals surface area contributed by atoms with Gasteiger partial charge in [0.15, 0.2) is 5.69 Å². The second-order valence-corrected chi connectivity index (χ2v) is 8.62. The van der Waals surface area contributed by atoms with Crippen molar-refractivity contribution >= 4 is 5.91 Å². The molecule has 3 aromatic rings. The molecule has 4 heterocycles. The number of hydrogen-bond donors (Lipinski definition) is 0. The molecule has 1 aromatic carbocycles. The van der Waals surface area contributed by atoms with Gasteiger partial charge in [0.25, 0.3) is 5.91 Å². The predicted octanol–water partition coefficient (Wildman–Crippen LogP) is 2.87. The Kier molecular flexibility index (Phi) is 4.90. The van der Waals surface area contributed by atoms with E-state index in [1.165, 1.54) is 16.7 Å². The molecule has 7 heteroatoms. The fourth-order valence-corrected chi connectivity index (χ4v) is 4.39. The maximum Gasteiger partial charge on any atom is 0.274 e. The third-order valence-corrected chi connectivity index (χ3v) is 6.10. The van der Waals surface area contributed by atoms with E-state index in [1.54, 1.807) is 0 Å². The highest BCUT2D eigenvalue weighted by Gasteiger charge is 2.26. The molecule has 0 fully saturated rings. The van der Waals surface area contributed by atoms with Gasteiger partial charge in [-0.25, -0.2) is 0 Å². The number of aromatic nitrogens is 4. The first-order valence-corrected chi connectivity index (χ1v) is 10.7. The van der Waals surface area contributed by atoms with Crippen molar-refractivity contribution in [2.45, 2.75) is 52.5 Å². The van der Waals surface area contributed by atoms with E-state index >= 15 is 0 Å². The van der Waals surface area contributed by atoms with E-state index in [0.717, 1.165) is 44.8 Å². The van der Waals surface area contributed by atoms with E-state index < -0.39 is 0 Å². The van der Waals surface area contributed by atoms with Gasteiger partial charge in [0.1, 0.15) is 0 Å². The molecule has 2 aromatic heterocycles. The Hall–Kier alpha value is -2.93. The maximum absolute atomic E-state index is 13.1. The lowest BCUT2D eigenvalue weighted by Gasteiger charge is -2.28.